The maximum absolute atomic E-state index is 9.41. The highest BCUT2D eigenvalue weighted by atomic mass is 16.3. The molecule has 1 N–H and O–H groups in total. The number of rotatable bonds is 3. The Morgan fingerprint density at radius 3 is 2.75 bits per heavy atom. The second kappa shape index (κ2) is 4.98. The summed E-state index contributed by atoms with van der Waals surface area (Å²) in [6, 6.07) is 9.30. The Morgan fingerprint density at radius 2 is 2.06 bits per heavy atom. The molecule has 1 aromatic carbocycles. The Hall–Kier alpha value is -0.860. The van der Waals surface area contributed by atoms with Crippen molar-refractivity contribution in [1.82, 2.24) is 4.90 Å². The highest BCUT2D eigenvalue weighted by Crippen LogP contribution is 2.23. The molecule has 0 amide bonds. The van der Waals surface area contributed by atoms with Gasteiger partial charge in [-0.2, -0.15) is 0 Å². The van der Waals surface area contributed by atoms with E-state index in [1.807, 2.05) is 6.92 Å². The Balaban J connectivity index is 2.02. The van der Waals surface area contributed by atoms with Crippen LogP contribution in [0.5, 0.6) is 0 Å². The van der Waals surface area contributed by atoms with Gasteiger partial charge >= 0.3 is 0 Å². The van der Waals surface area contributed by atoms with E-state index in [4.69, 9.17) is 0 Å². The van der Waals surface area contributed by atoms with Crippen molar-refractivity contribution >= 4 is 0 Å². The van der Waals surface area contributed by atoms with Gasteiger partial charge in [0.2, 0.25) is 0 Å². The van der Waals surface area contributed by atoms with Gasteiger partial charge in [-0.3, -0.25) is 0 Å². The fourth-order valence-electron chi connectivity index (χ4n) is 2.62. The maximum atomic E-state index is 9.41. The van der Waals surface area contributed by atoms with Gasteiger partial charge < -0.3 is 10.0 Å². The Morgan fingerprint density at radius 1 is 1.38 bits per heavy atom. The van der Waals surface area contributed by atoms with E-state index in [2.05, 4.69) is 36.2 Å². The zero-order chi connectivity index (χ0) is 11.5. The highest BCUT2D eigenvalue weighted by Gasteiger charge is 2.22. The van der Waals surface area contributed by atoms with E-state index in [0.717, 1.165) is 13.0 Å². The number of hydrogen-bond donors (Lipinski definition) is 1. The number of aliphatic hydroxyl groups excluding tert-OH is 1. The normalized spacial score (nSPS) is 21.9. The van der Waals surface area contributed by atoms with Gasteiger partial charge in [0.15, 0.2) is 0 Å². The van der Waals surface area contributed by atoms with Gasteiger partial charge in [-0.05, 0) is 44.4 Å². The molecule has 16 heavy (non-hydrogen) atoms. The molecule has 0 aromatic heterocycles. The molecule has 2 atom stereocenters. The molecule has 0 heterocycles. The third-order valence-electron chi connectivity index (χ3n) is 3.50. The van der Waals surface area contributed by atoms with Crippen LogP contribution in [-0.4, -0.2) is 35.7 Å². The fourth-order valence-corrected chi connectivity index (χ4v) is 2.62. The molecular weight excluding hydrogens is 198 g/mol. The van der Waals surface area contributed by atoms with Gasteiger partial charge in [0, 0.05) is 12.6 Å². The zero-order valence-electron chi connectivity index (χ0n) is 10.2. The van der Waals surface area contributed by atoms with Gasteiger partial charge in [0.25, 0.3) is 0 Å². The van der Waals surface area contributed by atoms with Crippen molar-refractivity contribution in [3.05, 3.63) is 35.4 Å². The van der Waals surface area contributed by atoms with Gasteiger partial charge in [0.1, 0.15) is 0 Å². The quantitative estimate of drug-likeness (QED) is 0.838. The van der Waals surface area contributed by atoms with Crippen LogP contribution < -0.4 is 0 Å². The average Bonchev–Trinajstić information content (AvgIpc) is 2.27. The van der Waals surface area contributed by atoms with Crippen molar-refractivity contribution < 1.29 is 5.11 Å². The molecular formula is C14H21NO. The standard InChI is InChI=1S/C14H21NO/c1-11(16)10-15(2)14-8-7-12-5-3-4-6-13(12)9-14/h3-6,11,14,16H,7-10H2,1-2H3. The SMILES string of the molecule is CC(O)CN(C)C1CCc2ccccc2C1. The molecule has 2 nitrogen and oxygen atoms in total. The summed E-state index contributed by atoms with van der Waals surface area (Å²) in [6.45, 7) is 2.63. The number of hydrogen-bond acceptors (Lipinski definition) is 2. The highest BCUT2D eigenvalue weighted by molar-refractivity contribution is 5.30. The predicted molar refractivity (Wildman–Crippen MR) is 66.6 cm³/mol. The van der Waals surface area contributed by atoms with Crippen LogP contribution in [0.2, 0.25) is 0 Å². The van der Waals surface area contributed by atoms with Crippen molar-refractivity contribution in [2.45, 2.75) is 38.3 Å². The van der Waals surface area contributed by atoms with Crippen molar-refractivity contribution in [2.75, 3.05) is 13.6 Å². The first kappa shape index (κ1) is 11.6. The lowest BCUT2D eigenvalue weighted by molar-refractivity contribution is 0.112. The minimum absolute atomic E-state index is 0.234. The molecule has 2 rings (SSSR count). The van der Waals surface area contributed by atoms with E-state index >= 15 is 0 Å². The maximum Gasteiger partial charge on any atom is 0.0639 e. The third kappa shape index (κ3) is 2.63. The Bertz CT molecular complexity index is 348. The van der Waals surface area contributed by atoms with Crippen LogP contribution in [-0.2, 0) is 12.8 Å². The zero-order valence-corrected chi connectivity index (χ0v) is 10.2. The summed E-state index contributed by atoms with van der Waals surface area (Å²) in [4.78, 5) is 2.29. The van der Waals surface area contributed by atoms with E-state index in [9.17, 15) is 5.11 Å². The van der Waals surface area contributed by atoms with Gasteiger partial charge in [-0.1, -0.05) is 24.3 Å². The molecule has 1 aromatic rings. The minimum Gasteiger partial charge on any atom is -0.392 e. The lowest BCUT2D eigenvalue weighted by Crippen LogP contribution is -2.40. The second-order valence-corrected chi connectivity index (χ2v) is 4.95. The van der Waals surface area contributed by atoms with Crippen molar-refractivity contribution in [2.24, 2.45) is 0 Å². The van der Waals surface area contributed by atoms with Crippen LogP contribution in [0.25, 0.3) is 0 Å². The number of benzene rings is 1. The topological polar surface area (TPSA) is 23.5 Å². The molecule has 1 aliphatic carbocycles. The second-order valence-electron chi connectivity index (χ2n) is 4.95. The van der Waals surface area contributed by atoms with Crippen LogP contribution in [0, 0.1) is 0 Å². The van der Waals surface area contributed by atoms with Gasteiger partial charge in [-0.25, -0.2) is 0 Å². The fraction of sp³-hybridized carbons (Fsp3) is 0.571. The molecule has 0 saturated carbocycles. The van der Waals surface area contributed by atoms with Crippen molar-refractivity contribution in [3.8, 4) is 0 Å². The molecule has 0 bridgehead atoms. The van der Waals surface area contributed by atoms with E-state index in [-0.39, 0.29) is 6.10 Å². The summed E-state index contributed by atoms with van der Waals surface area (Å²) in [5.41, 5.74) is 2.99. The largest absolute Gasteiger partial charge is 0.392 e. The molecule has 0 radical (unpaired) electrons. The number of nitrogens with zero attached hydrogens (tertiary/aromatic N) is 1. The molecule has 2 unspecified atom stereocenters. The Labute approximate surface area is 97.9 Å². The van der Waals surface area contributed by atoms with E-state index in [1.54, 1.807) is 0 Å². The first-order chi connectivity index (χ1) is 7.66. The van der Waals surface area contributed by atoms with Crippen molar-refractivity contribution in [3.63, 3.8) is 0 Å². The van der Waals surface area contributed by atoms with Crippen molar-refractivity contribution in [1.29, 1.82) is 0 Å². The third-order valence-corrected chi connectivity index (χ3v) is 3.50. The average molecular weight is 219 g/mol. The molecule has 0 saturated heterocycles. The summed E-state index contributed by atoms with van der Waals surface area (Å²) in [6.07, 6.45) is 3.27. The molecule has 0 spiro atoms. The lowest BCUT2D eigenvalue weighted by Gasteiger charge is -2.33. The van der Waals surface area contributed by atoms with E-state index < -0.39 is 0 Å². The van der Waals surface area contributed by atoms with E-state index in [1.165, 1.54) is 24.0 Å². The number of aryl methyl sites for hydroxylation is 1. The predicted octanol–water partition coefficient (Wildman–Crippen LogP) is 1.86. The number of fused-ring (bicyclic) bond motifs is 1. The summed E-state index contributed by atoms with van der Waals surface area (Å²) < 4.78 is 0. The summed E-state index contributed by atoms with van der Waals surface area (Å²) in [7, 11) is 2.12. The minimum atomic E-state index is -0.234. The molecule has 0 aliphatic heterocycles. The van der Waals surface area contributed by atoms with Gasteiger partial charge in [0.05, 0.1) is 6.10 Å². The number of likely N-dealkylation sites (N-methyl/N-ethyl adjacent to an activating group) is 1. The van der Waals surface area contributed by atoms with Crippen LogP contribution in [0.1, 0.15) is 24.5 Å². The van der Waals surface area contributed by atoms with Gasteiger partial charge in [-0.15, -0.1) is 0 Å². The van der Waals surface area contributed by atoms with Crippen LogP contribution in [0.4, 0.5) is 0 Å². The smallest absolute Gasteiger partial charge is 0.0639 e. The molecule has 2 heteroatoms. The van der Waals surface area contributed by atoms with Crippen LogP contribution in [0.15, 0.2) is 24.3 Å². The summed E-state index contributed by atoms with van der Waals surface area (Å²) >= 11 is 0. The number of aliphatic hydroxyl groups is 1. The van der Waals surface area contributed by atoms with Crippen LogP contribution >= 0.6 is 0 Å². The summed E-state index contributed by atoms with van der Waals surface area (Å²) in [5, 5.41) is 9.41. The lowest BCUT2D eigenvalue weighted by atomic mass is 9.87. The first-order valence-electron chi connectivity index (χ1n) is 6.12. The Kier molecular flexibility index (Phi) is 3.62. The van der Waals surface area contributed by atoms with Crippen LogP contribution in [0.3, 0.4) is 0 Å². The molecule has 0 fully saturated rings. The first-order valence-corrected chi connectivity index (χ1v) is 6.12. The molecule has 1 aliphatic rings. The van der Waals surface area contributed by atoms with E-state index in [0.29, 0.717) is 6.04 Å². The monoisotopic (exact) mass is 219 g/mol. The summed E-state index contributed by atoms with van der Waals surface area (Å²) in [5.74, 6) is 0. The molecule has 88 valence electrons.